The average Bonchev–Trinajstić information content (AvgIpc) is 2.47. The topological polar surface area (TPSA) is 24.9 Å². The van der Waals surface area contributed by atoms with Crippen LogP contribution < -0.4 is 5.32 Å². The van der Waals surface area contributed by atoms with E-state index < -0.39 is 0 Å². The lowest BCUT2D eigenvalue weighted by Gasteiger charge is -2.20. The highest BCUT2D eigenvalue weighted by Gasteiger charge is 2.15. The van der Waals surface area contributed by atoms with Crippen LogP contribution in [0.4, 0.5) is 4.39 Å². The first-order chi connectivity index (χ1) is 10.2. The van der Waals surface area contributed by atoms with E-state index in [1.165, 1.54) is 0 Å². The van der Waals surface area contributed by atoms with Gasteiger partial charge in [0, 0.05) is 17.8 Å². The van der Waals surface area contributed by atoms with Crippen molar-refractivity contribution in [3.63, 3.8) is 0 Å². The number of pyridine rings is 1. The number of nitrogens with one attached hydrogen (secondary N) is 1. The molecule has 3 aromatic rings. The molecule has 0 amide bonds. The maximum absolute atomic E-state index is 13.7. The Balaban J connectivity index is 2.18. The van der Waals surface area contributed by atoms with Gasteiger partial charge in [0.05, 0.1) is 6.04 Å². The Kier molecular flexibility index (Phi) is 3.67. The highest BCUT2D eigenvalue weighted by Crippen LogP contribution is 2.29. The van der Waals surface area contributed by atoms with Crippen LogP contribution in [-0.4, -0.2) is 12.0 Å². The van der Waals surface area contributed by atoms with E-state index >= 15 is 0 Å². The Hall–Kier alpha value is -2.26. The Morgan fingerprint density at radius 3 is 2.76 bits per heavy atom. The summed E-state index contributed by atoms with van der Waals surface area (Å²) in [5.74, 6) is -0.202. The smallest absolute Gasteiger partial charge is 0.123 e. The normalized spacial score (nSPS) is 12.5. The molecule has 0 aliphatic carbocycles. The molecule has 0 aliphatic heterocycles. The van der Waals surface area contributed by atoms with E-state index in [-0.39, 0.29) is 11.9 Å². The number of hydrogen-bond donors (Lipinski definition) is 1. The first-order valence-electron chi connectivity index (χ1n) is 6.96. The van der Waals surface area contributed by atoms with Crippen LogP contribution in [0.1, 0.15) is 22.7 Å². The molecular weight excluding hydrogens is 263 g/mol. The number of aromatic nitrogens is 1. The van der Waals surface area contributed by atoms with E-state index in [0.717, 1.165) is 27.5 Å². The van der Waals surface area contributed by atoms with Gasteiger partial charge in [0.15, 0.2) is 0 Å². The zero-order valence-electron chi connectivity index (χ0n) is 12.1. The summed E-state index contributed by atoms with van der Waals surface area (Å²) in [6.45, 7) is 1.91. The van der Waals surface area contributed by atoms with Crippen molar-refractivity contribution in [1.82, 2.24) is 10.3 Å². The van der Waals surface area contributed by atoms with E-state index in [4.69, 9.17) is 0 Å². The summed E-state index contributed by atoms with van der Waals surface area (Å²) >= 11 is 0. The Labute approximate surface area is 123 Å². The molecule has 21 heavy (non-hydrogen) atoms. The van der Waals surface area contributed by atoms with Crippen LogP contribution in [0.15, 0.2) is 54.9 Å². The summed E-state index contributed by atoms with van der Waals surface area (Å²) < 4.78 is 13.7. The largest absolute Gasteiger partial charge is 0.309 e. The summed E-state index contributed by atoms with van der Waals surface area (Å²) in [6, 6.07) is 13.2. The molecule has 3 heteroatoms. The van der Waals surface area contributed by atoms with Crippen molar-refractivity contribution in [3.05, 3.63) is 77.4 Å². The second kappa shape index (κ2) is 5.62. The van der Waals surface area contributed by atoms with E-state index in [1.807, 2.05) is 44.4 Å². The molecule has 1 atom stereocenters. The van der Waals surface area contributed by atoms with Crippen LogP contribution in [0.2, 0.25) is 0 Å². The van der Waals surface area contributed by atoms with Gasteiger partial charge >= 0.3 is 0 Å². The zero-order valence-corrected chi connectivity index (χ0v) is 12.1. The first kappa shape index (κ1) is 13.7. The quantitative estimate of drug-likeness (QED) is 0.784. The number of benzene rings is 2. The number of halogens is 1. The number of rotatable bonds is 3. The van der Waals surface area contributed by atoms with Crippen LogP contribution in [0.3, 0.4) is 0 Å². The van der Waals surface area contributed by atoms with Crippen molar-refractivity contribution < 1.29 is 4.39 Å². The number of aryl methyl sites for hydroxylation is 1. The highest BCUT2D eigenvalue weighted by atomic mass is 19.1. The second-order valence-corrected chi connectivity index (χ2v) is 5.23. The van der Waals surface area contributed by atoms with Gasteiger partial charge < -0.3 is 5.32 Å². The Bertz CT molecular complexity index is 758. The summed E-state index contributed by atoms with van der Waals surface area (Å²) in [7, 11) is 1.89. The molecule has 0 spiro atoms. The fourth-order valence-corrected chi connectivity index (χ4v) is 2.83. The lowest BCUT2D eigenvalue weighted by atomic mass is 9.93. The number of fused-ring (bicyclic) bond motifs is 1. The third kappa shape index (κ3) is 2.65. The first-order valence-corrected chi connectivity index (χ1v) is 6.96. The maximum atomic E-state index is 13.7. The minimum Gasteiger partial charge on any atom is -0.309 e. The van der Waals surface area contributed by atoms with Crippen molar-refractivity contribution >= 4 is 10.8 Å². The van der Waals surface area contributed by atoms with Gasteiger partial charge in [-0.2, -0.15) is 0 Å². The van der Waals surface area contributed by atoms with E-state index in [2.05, 4.69) is 16.4 Å². The fourth-order valence-electron chi connectivity index (χ4n) is 2.83. The van der Waals surface area contributed by atoms with Crippen LogP contribution in [0, 0.1) is 12.7 Å². The molecule has 1 aromatic heterocycles. The summed E-state index contributed by atoms with van der Waals surface area (Å²) in [4.78, 5) is 4.16. The monoisotopic (exact) mass is 280 g/mol. The summed E-state index contributed by atoms with van der Waals surface area (Å²) in [5.41, 5.74) is 2.98. The van der Waals surface area contributed by atoms with Gasteiger partial charge in [0.2, 0.25) is 0 Å². The predicted octanol–water partition coefficient (Wildman–Crippen LogP) is 3.99. The molecule has 0 saturated carbocycles. The van der Waals surface area contributed by atoms with Gasteiger partial charge in [-0.15, -0.1) is 0 Å². The molecule has 0 bridgehead atoms. The van der Waals surface area contributed by atoms with Gasteiger partial charge in [-0.1, -0.05) is 24.3 Å². The molecule has 2 nitrogen and oxygen atoms in total. The Morgan fingerprint density at radius 1 is 1.14 bits per heavy atom. The number of nitrogens with zero attached hydrogens (tertiary/aromatic N) is 1. The SMILES string of the molecule is CNC(c1cc(C)cc(F)c1)c1cccc2cnccc12. The van der Waals surface area contributed by atoms with Gasteiger partial charge in [-0.3, -0.25) is 4.98 Å². The van der Waals surface area contributed by atoms with Crippen LogP contribution in [0.5, 0.6) is 0 Å². The van der Waals surface area contributed by atoms with Crippen LogP contribution >= 0.6 is 0 Å². The van der Waals surface area contributed by atoms with Gasteiger partial charge in [0.25, 0.3) is 0 Å². The molecule has 3 rings (SSSR count). The molecule has 2 aromatic carbocycles. The molecule has 0 saturated heterocycles. The van der Waals surface area contributed by atoms with Crippen molar-refractivity contribution in [3.8, 4) is 0 Å². The second-order valence-electron chi connectivity index (χ2n) is 5.23. The average molecular weight is 280 g/mol. The van der Waals surface area contributed by atoms with E-state index in [1.54, 1.807) is 18.3 Å². The lowest BCUT2D eigenvalue weighted by Crippen LogP contribution is -2.18. The molecule has 1 N–H and O–H groups in total. The van der Waals surface area contributed by atoms with Crippen LogP contribution in [0.25, 0.3) is 10.8 Å². The van der Waals surface area contributed by atoms with Crippen LogP contribution in [-0.2, 0) is 0 Å². The van der Waals surface area contributed by atoms with E-state index in [0.29, 0.717) is 0 Å². The molecule has 1 heterocycles. The lowest BCUT2D eigenvalue weighted by molar-refractivity contribution is 0.616. The zero-order chi connectivity index (χ0) is 14.8. The Morgan fingerprint density at radius 2 is 2.00 bits per heavy atom. The van der Waals surface area contributed by atoms with Crippen molar-refractivity contribution in [2.45, 2.75) is 13.0 Å². The predicted molar refractivity (Wildman–Crippen MR) is 83.8 cm³/mol. The third-order valence-electron chi connectivity index (χ3n) is 3.71. The van der Waals surface area contributed by atoms with Gasteiger partial charge in [0.1, 0.15) is 5.82 Å². The highest BCUT2D eigenvalue weighted by molar-refractivity contribution is 5.85. The summed E-state index contributed by atoms with van der Waals surface area (Å²) in [6.07, 6.45) is 3.64. The fraction of sp³-hybridized carbons (Fsp3) is 0.167. The molecule has 0 aliphatic rings. The number of hydrogen-bond acceptors (Lipinski definition) is 2. The molecule has 106 valence electrons. The minimum absolute atomic E-state index is 0.0505. The van der Waals surface area contributed by atoms with Crippen molar-refractivity contribution in [1.29, 1.82) is 0 Å². The minimum atomic E-state index is -0.202. The standard InChI is InChI=1S/C18H17FN2/c1-12-8-14(10-15(19)9-12)18(20-2)17-5-3-4-13-11-21-7-6-16(13)17/h3-11,18,20H,1-2H3. The maximum Gasteiger partial charge on any atom is 0.123 e. The van der Waals surface area contributed by atoms with Gasteiger partial charge in [-0.05, 0) is 54.2 Å². The molecule has 0 radical (unpaired) electrons. The molecule has 0 fully saturated rings. The van der Waals surface area contributed by atoms with Crippen molar-refractivity contribution in [2.24, 2.45) is 0 Å². The van der Waals surface area contributed by atoms with E-state index in [9.17, 15) is 4.39 Å². The van der Waals surface area contributed by atoms with Crippen molar-refractivity contribution in [2.75, 3.05) is 7.05 Å². The molecular formula is C18H17FN2. The third-order valence-corrected chi connectivity index (χ3v) is 3.71. The van der Waals surface area contributed by atoms with Gasteiger partial charge in [-0.25, -0.2) is 4.39 Å². The molecule has 1 unspecified atom stereocenters. The summed E-state index contributed by atoms with van der Waals surface area (Å²) in [5, 5.41) is 5.51.